The Kier molecular flexibility index (Phi) is 4.60. The van der Waals surface area contributed by atoms with Crippen LogP contribution in [-0.2, 0) is 16.6 Å². The highest BCUT2D eigenvalue weighted by molar-refractivity contribution is 7.89. The van der Waals surface area contributed by atoms with E-state index < -0.39 is 10.0 Å². The summed E-state index contributed by atoms with van der Waals surface area (Å²) in [6, 6.07) is 6.89. The Hall–Kier alpha value is -0.910. The minimum absolute atomic E-state index is 0.376. The number of piperidine rings is 1. The van der Waals surface area contributed by atoms with Crippen molar-refractivity contribution in [1.82, 2.24) is 4.31 Å². The first-order valence-corrected chi connectivity index (χ1v) is 8.31. The summed E-state index contributed by atoms with van der Waals surface area (Å²) in [5, 5.41) is 0. The molecule has 1 aliphatic heterocycles. The number of nitrogens with zero attached hydrogens (tertiary/aromatic N) is 1. The lowest BCUT2D eigenvalue weighted by atomic mass is 9.97. The Morgan fingerprint density at radius 3 is 2.58 bits per heavy atom. The second kappa shape index (κ2) is 6.03. The maximum absolute atomic E-state index is 12.5. The summed E-state index contributed by atoms with van der Waals surface area (Å²) in [6.07, 6.45) is 3.13. The third kappa shape index (κ3) is 3.16. The van der Waals surface area contributed by atoms with Crippen LogP contribution in [0.25, 0.3) is 0 Å². The van der Waals surface area contributed by atoms with E-state index >= 15 is 0 Å². The Labute approximate surface area is 115 Å². The molecule has 0 aromatic heterocycles. The molecule has 5 heteroatoms. The van der Waals surface area contributed by atoms with Crippen LogP contribution in [0, 0.1) is 5.92 Å². The van der Waals surface area contributed by atoms with E-state index in [1.807, 2.05) is 0 Å². The van der Waals surface area contributed by atoms with E-state index in [-0.39, 0.29) is 0 Å². The van der Waals surface area contributed by atoms with Gasteiger partial charge in [-0.1, -0.05) is 25.5 Å². The number of benzene rings is 1. The predicted molar refractivity (Wildman–Crippen MR) is 76.1 cm³/mol. The fourth-order valence-corrected chi connectivity index (χ4v) is 4.08. The third-order valence-corrected chi connectivity index (χ3v) is 5.74. The first kappa shape index (κ1) is 14.5. The van der Waals surface area contributed by atoms with Crippen molar-refractivity contribution in [2.45, 2.75) is 37.6 Å². The Bertz CT molecular complexity index is 511. The molecule has 0 spiro atoms. The molecule has 0 bridgehead atoms. The molecule has 1 saturated heterocycles. The summed E-state index contributed by atoms with van der Waals surface area (Å²) in [7, 11) is -3.34. The topological polar surface area (TPSA) is 63.4 Å². The second-order valence-corrected chi connectivity index (χ2v) is 7.07. The van der Waals surface area contributed by atoms with Crippen LogP contribution in [0.4, 0.5) is 0 Å². The minimum atomic E-state index is -3.34. The molecule has 1 unspecified atom stereocenters. The normalized spacial score (nSPS) is 21.5. The van der Waals surface area contributed by atoms with Gasteiger partial charge in [-0.15, -0.1) is 0 Å². The summed E-state index contributed by atoms with van der Waals surface area (Å²) in [4.78, 5) is 0.376. The first-order valence-electron chi connectivity index (χ1n) is 6.87. The highest BCUT2D eigenvalue weighted by Crippen LogP contribution is 2.25. The van der Waals surface area contributed by atoms with Crippen LogP contribution in [-0.4, -0.2) is 25.8 Å². The van der Waals surface area contributed by atoms with Gasteiger partial charge in [-0.05, 0) is 36.5 Å². The van der Waals surface area contributed by atoms with Gasteiger partial charge in [0, 0.05) is 19.6 Å². The molecule has 0 radical (unpaired) electrons. The molecular weight excluding hydrogens is 260 g/mol. The molecule has 1 atom stereocenters. The number of hydrogen-bond acceptors (Lipinski definition) is 3. The Balaban J connectivity index is 2.20. The summed E-state index contributed by atoms with van der Waals surface area (Å²) in [5.41, 5.74) is 6.48. The van der Waals surface area contributed by atoms with Crippen molar-refractivity contribution in [2.24, 2.45) is 11.7 Å². The predicted octanol–water partition coefficient (Wildman–Crippen LogP) is 1.96. The molecule has 1 aromatic carbocycles. The van der Waals surface area contributed by atoms with Gasteiger partial charge < -0.3 is 5.73 Å². The second-order valence-electron chi connectivity index (χ2n) is 5.13. The fraction of sp³-hybridized carbons (Fsp3) is 0.571. The van der Waals surface area contributed by atoms with E-state index in [1.165, 1.54) is 0 Å². The zero-order valence-corrected chi connectivity index (χ0v) is 12.2. The highest BCUT2D eigenvalue weighted by Gasteiger charge is 2.29. The molecule has 0 saturated carbocycles. The van der Waals surface area contributed by atoms with Crippen molar-refractivity contribution in [1.29, 1.82) is 0 Å². The average molecular weight is 282 g/mol. The SMILES string of the molecule is CCC1CCCN(S(=O)(=O)c2ccc(CN)cc2)C1. The fourth-order valence-electron chi connectivity index (χ4n) is 2.52. The zero-order valence-electron chi connectivity index (χ0n) is 11.4. The quantitative estimate of drug-likeness (QED) is 0.918. The average Bonchev–Trinajstić information content (AvgIpc) is 2.47. The number of hydrogen-bond donors (Lipinski definition) is 1. The number of sulfonamides is 1. The summed E-state index contributed by atoms with van der Waals surface area (Å²) < 4.78 is 26.7. The molecule has 0 aliphatic carbocycles. The third-order valence-electron chi connectivity index (χ3n) is 3.86. The summed E-state index contributed by atoms with van der Waals surface area (Å²) >= 11 is 0. The van der Waals surface area contributed by atoms with E-state index in [1.54, 1.807) is 28.6 Å². The van der Waals surface area contributed by atoms with E-state index in [0.29, 0.717) is 30.4 Å². The molecule has 2 rings (SSSR count). The van der Waals surface area contributed by atoms with Crippen molar-refractivity contribution in [2.75, 3.05) is 13.1 Å². The van der Waals surface area contributed by atoms with Crippen molar-refractivity contribution < 1.29 is 8.42 Å². The zero-order chi connectivity index (χ0) is 13.9. The van der Waals surface area contributed by atoms with Gasteiger partial charge in [-0.2, -0.15) is 4.31 Å². The largest absolute Gasteiger partial charge is 0.326 e. The van der Waals surface area contributed by atoms with Crippen LogP contribution in [0.15, 0.2) is 29.2 Å². The first-order chi connectivity index (χ1) is 9.07. The molecule has 1 aromatic rings. The van der Waals surface area contributed by atoms with Gasteiger partial charge >= 0.3 is 0 Å². The van der Waals surface area contributed by atoms with Crippen molar-refractivity contribution >= 4 is 10.0 Å². The molecule has 4 nitrogen and oxygen atoms in total. The van der Waals surface area contributed by atoms with Gasteiger partial charge in [0.1, 0.15) is 0 Å². The van der Waals surface area contributed by atoms with Crippen molar-refractivity contribution in [3.05, 3.63) is 29.8 Å². The minimum Gasteiger partial charge on any atom is -0.326 e. The molecule has 1 fully saturated rings. The molecular formula is C14H22N2O2S. The summed E-state index contributed by atoms with van der Waals surface area (Å²) in [5.74, 6) is 0.492. The number of rotatable bonds is 4. The monoisotopic (exact) mass is 282 g/mol. The van der Waals surface area contributed by atoms with Crippen molar-refractivity contribution in [3.8, 4) is 0 Å². The van der Waals surface area contributed by atoms with Crippen LogP contribution >= 0.6 is 0 Å². The lowest BCUT2D eigenvalue weighted by Gasteiger charge is -2.31. The number of nitrogens with two attached hydrogens (primary N) is 1. The van der Waals surface area contributed by atoms with Crippen LogP contribution in [0.5, 0.6) is 0 Å². The van der Waals surface area contributed by atoms with Gasteiger partial charge in [0.2, 0.25) is 10.0 Å². The van der Waals surface area contributed by atoms with Crippen LogP contribution in [0.3, 0.4) is 0 Å². The van der Waals surface area contributed by atoms with E-state index in [0.717, 1.165) is 24.8 Å². The van der Waals surface area contributed by atoms with Gasteiger partial charge in [0.05, 0.1) is 4.90 Å². The van der Waals surface area contributed by atoms with Gasteiger partial charge in [-0.25, -0.2) is 8.42 Å². The van der Waals surface area contributed by atoms with Crippen LogP contribution in [0.2, 0.25) is 0 Å². The molecule has 1 heterocycles. The lowest BCUT2D eigenvalue weighted by molar-refractivity contribution is 0.261. The molecule has 19 heavy (non-hydrogen) atoms. The van der Waals surface area contributed by atoms with Gasteiger partial charge in [0.15, 0.2) is 0 Å². The summed E-state index contributed by atoms with van der Waals surface area (Å²) in [6.45, 7) is 3.84. The Morgan fingerprint density at radius 1 is 1.32 bits per heavy atom. The standard InChI is InChI=1S/C14H22N2O2S/c1-2-12-4-3-9-16(11-12)19(17,18)14-7-5-13(10-15)6-8-14/h5-8,12H,2-4,9-11,15H2,1H3. The molecule has 106 valence electrons. The van der Waals surface area contributed by atoms with Crippen LogP contribution < -0.4 is 5.73 Å². The molecule has 2 N–H and O–H groups in total. The van der Waals surface area contributed by atoms with E-state index in [4.69, 9.17) is 5.73 Å². The van der Waals surface area contributed by atoms with Crippen LogP contribution in [0.1, 0.15) is 31.7 Å². The maximum Gasteiger partial charge on any atom is 0.243 e. The van der Waals surface area contributed by atoms with E-state index in [9.17, 15) is 8.42 Å². The molecule has 1 aliphatic rings. The van der Waals surface area contributed by atoms with Crippen molar-refractivity contribution in [3.63, 3.8) is 0 Å². The van der Waals surface area contributed by atoms with Gasteiger partial charge in [-0.3, -0.25) is 0 Å². The Morgan fingerprint density at radius 2 is 2.00 bits per heavy atom. The lowest BCUT2D eigenvalue weighted by Crippen LogP contribution is -2.39. The molecule has 0 amide bonds. The highest BCUT2D eigenvalue weighted by atomic mass is 32.2. The maximum atomic E-state index is 12.5. The van der Waals surface area contributed by atoms with E-state index in [2.05, 4.69) is 6.92 Å². The smallest absolute Gasteiger partial charge is 0.243 e. The van der Waals surface area contributed by atoms with Gasteiger partial charge in [0.25, 0.3) is 0 Å².